The van der Waals surface area contributed by atoms with Gasteiger partial charge in [0.2, 0.25) is 0 Å². The maximum Gasteiger partial charge on any atom is 3.00 e. The molecule has 0 nitrogen and oxygen atoms in total. The molecule has 0 aliphatic heterocycles. The summed E-state index contributed by atoms with van der Waals surface area (Å²) in [7, 11) is 0. The quantitative estimate of drug-likeness (QED) is 0.515. The second-order valence-electron chi connectivity index (χ2n) is 4.99. The van der Waals surface area contributed by atoms with E-state index in [0.717, 1.165) is 38.5 Å². The Kier molecular flexibility index (Phi) is 13.5. The predicted molar refractivity (Wildman–Crippen MR) is 92.4 cm³/mol. The molecule has 0 atom stereocenters. The first-order valence-electron chi connectivity index (χ1n) is 8.08. The van der Waals surface area contributed by atoms with Crippen molar-refractivity contribution >= 4 is 0 Å². The van der Waals surface area contributed by atoms with Gasteiger partial charge in [-0.2, -0.15) is 18.2 Å². The molecule has 3 aliphatic carbocycles. The summed E-state index contributed by atoms with van der Waals surface area (Å²) in [6, 6.07) is 0. The first-order valence-corrected chi connectivity index (χ1v) is 8.08. The SMILES string of the molecule is CCC1=[C-]CC=C1.CCC1=[C-]CC=C1.CCC1=[C-]CC=C1.[Zr+3]. The Morgan fingerprint density at radius 1 is 0.636 bits per heavy atom. The Labute approximate surface area is 156 Å². The molecule has 0 unspecified atom stereocenters. The van der Waals surface area contributed by atoms with E-state index in [0.29, 0.717) is 0 Å². The first kappa shape index (κ1) is 21.3. The molecular weight excluding hydrogens is 343 g/mol. The van der Waals surface area contributed by atoms with Gasteiger partial charge in [-0.15, -0.1) is 19.3 Å². The molecule has 0 amide bonds. The zero-order chi connectivity index (χ0) is 15.3. The van der Waals surface area contributed by atoms with Crippen LogP contribution in [-0.4, -0.2) is 0 Å². The molecule has 0 spiro atoms. The normalized spacial score (nSPS) is 16.8. The molecule has 0 fully saturated rings. The summed E-state index contributed by atoms with van der Waals surface area (Å²) in [6.45, 7) is 6.45. The van der Waals surface area contributed by atoms with Crippen molar-refractivity contribution in [2.45, 2.75) is 59.3 Å². The average Bonchev–Trinajstić information content (AvgIpc) is 3.31. The van der Waals surface area contributed by atoms with Crippen LogP contribution >= 0.6 is 0 Å². The van der Waals surface area contributed by atoms with Gasteiger partial charge < -0.3 is 0 Å². The van der Waals surface area contributed by atoms with Crippen LogP contribution < -0.4 is 0 Å². The molecule has 0 aromatic rings. The zero-order valence-electron chi connectivity index (χ0n) is 14.2. The molecule has 0 aromatic carbocycles. The molecule has 3 aliphatic rings. The number of rotatable bonds is 3. The fraction of sp³-hybridized carbons (Fsp3) is 0.429. The predicted octanol–water partition coefficient (Wildman–Crippen LogP) is 6.26. The molecule has 1 radical (unpaired) electrons. The second-order valence-corrected chi connectivity index (χ2v) is 4.99. The van der Waals surface area contributed by atoms with E-state index in [4.69, 9.17) is 0 Å². The summed E-state index contributed by atoms with van der Waals surface area (Å²) in [5.41, 5.74) is 4.08. The van der Waals surface area contributed by atoms with E-state index in [9.17, 15) is 0 Å². The number of hydrogen-bond acceptors (Lipinski definition) is 0. The molecule has 0 saturated heterocycles. The van der Waals surface area contributed by atoms with Crippen molar-refractivity contribution < 1.29 is 26.2 Å². The van der Waals surface area contributed by atoms with Crippen LogP contribution in [0.15, 0.2) is 53.2 Å². The van der Waals surface area contributed by atoms with Gasteiger partial charge in [0.1, 0.15) is 0 Å². The molecule has 1 heteroatoms. The Bertz CT molecular complexity index is 399. The van der Waals surface area contributed by atoms with Gasteiger partial charge in [0.05, 0.1) is 0 Å². The van der Waals surface area contributed by atoms with Gasteiger partial charge in [-0.25, -0.2) is 34.9 Å². The van der Waals surface area contributed by atoms with Crippen LogP contribution in [0.3, 0.4) is 0 Å². The van der Waals surface area contributed by atoms with Crippen LogP contribution in [0, 0.1) is 18.2 Å². The molecule has 0 heterocycles. The molecule has 115 valence electrons. The van der Waals surface area contributed by atoms with Crippen molar-refractivity contribution in [1.82, 2.24) is 0 Å². The first-order chi connectivity index (χ1) is 10.3. The Balaban J connectivity index is 0.000000294. The number of allylic oxidation sites excluding steroid dienone is 12. The van der Waals surface area contributed by atoms with E-state index in [2.05, 4.69) is 75.5 Å². The Hall–Kier alpha value is -0.677. The van der Waals surface area contributed by atoms with Gasteiger partial charge in [0.25, 0.3) is 0 Å². The molecule has 0 bridgehead atoms. The average molecular weight is 371 g/mol. The molecule has 22 heavy (non-hydrogen) atoms. The summed E-state index contributed by atoms with van der Waals surface area (Å²) in [4.78, 5) is 0. The standard InChI is InChI=1S/3C7H9.Zr/c3*1-2-7-5-3-4-6-7;/h3*3,5H,2,4H2,1H3;/q3*-1;+3. The van der Waals surface area contributed by atoms with Gasteiger partial charge in [-0.05, 0) is 0 Å². The Morgan fingerprint density at radius 3 is 1.00 bits per heavy atom. The van der Waals surface area contributed by atoms with Crippen molar-refractivity contribution in [3.05, 3.63) is 71.4 Å². The van der Waals surface area contributed by atoms with Gasteiger partial charge >= 0.3 is 26.2 Å². The van der Waals surface area contributed by atoms with Crippen molar-refractivity contribution in [2.24, 2.45) is 0 Å². The van der Waals surface area contributed by atoms with E-state index in [1.54, 1.807) is 0 Å². The molecule has 0 saturated carbocycles. The maximum absolute atomic E-state index is 3.21. The van der Waals surface area contributed by atoms with Gasteiger partial charge in [-0.3, -0.25) is 18.2 Å². The molecule has 3 rings (SSSR count). The van der Waals surface area contributed by atoms with Crippen LogP contribution in [0.25, 0.3) is 0 Å². The Morgan fingerprint density at radius 2 is 0.909 bits per heavy atom. The maximum atomic E-state index is 3.21. The third kappa shape index (κ3) is 9.36. The fourth-order valence-electron chi connectivity index (χ4n) is 2.08. The van der Waals surface area contributed by atoms with E-state index in [1.165, 1.54) is 16.7 Å². The van der Waals surface area contributed by atoms with Crippen LogP contribution in [0.4, 0.5) is 0 Å². The number of hydrogen-bond donors (Lipinski definition) is 0. The summed E-state index contributed by atoms with van der Waals surface area (Å²) < 4.78 is 0. The fourth-order valence-corrected chi connectivity index (χ4v) is 2.08. The van der Waals surface area contributed by atoms with Crippen LogP contribution in [0.5, 0.6) is 0 Å². The zero-order valence-corrected chi connectivity index (χ0v) is 16.7. The van der Waals surface area contributed by atoms with E-state index >= 15 is 0 Å². The van der Waals surface area contributed by atoms with E-state index in [-0.39, 0.29) is 26.2 Å². The molecule has 0 N–H and O–H groups in total. The summed E-state index contributed by atoms with van der Waals surface area (Å²) in [5, 5.41) is 0. The third-order valence-electron chi connectivity index (χ3n) is 3.44. The van der Waals surface area contributed by atoms with Crippen molar-refractivity contribution in [3.63, 3.8) is 0 Å². The minimum Gasteiger partial charge on any atom is -0.270 e. The van der Waals surface area contributed by atoms with Gasteiger partial charge in [0.15, 0.2) is 0 Å². The molecular formula is C21H27Zr. The second kappa shape index (κ2) is 13.9. The molecule has 0 aromatic heterocycles. The monoisotopic (exact) mass is 369 g/mol. The summed E-state index contributed by atoms with van der Waals surface area (Å²) in [5.74, 6) is 0. The van der Waals surface area contributed by atoms with Gasteiger partial charge in [-0.1, -0.05) is 40.0 Å². The summed E-state index contributed by atoms with van der Waals surface area (Å²) >= 11 is 0. The minimum atomic E-state index is 0. The summed E-state index contributed by atoms with van der Waals surface area (Å²) in [6.07, 6.45) is 29.0. The third-order valence-corrected chi connectivity index (χ3v) is 3.44. The van der Waals surface area contributed by atoms with Crippen LogP contribution in [-0.2, 0) is 26.2 Å². The van der Waals surface area contributed by atoms with Crippen LogP contribution in [0.1, 0.15) is 59.3 Å². The van der Waals surface area contributed by atoms with Crippen molar-refractivity contribution in [3.8, 4) is 0 Å². The van der Waals surface area contributed by atoms with E-state index in [1.807, 2.05) is 0 Å². The van der Waals surface area contributed by atoms with Crippen molar-refractivity contribution in [1.29, 1.82) is 0 Å². The van der Waals surface area contributed by atoms with Crippen molar-refractivity contribution in [2.75, 3.05) is 0 Å². The minimum absolute atomic E-state index is 0. The van der Waals surface area contributed by atoms with E-state index < -0.39 is 0 Å². The smallest absolute Gasteiger partial charge is 0.270 e. The van der Waals surface area contributed by atoms with Gasteiger partial charge in [0, 0.05) is 0 Å². The largest absolute Gasteiger partial charge is 3.00 e. The topological polar surface area (TPSA) is 0 Å². The van der Waals surface area contributed by atoms with Crippen LogP contribution in [0.2, 0.25) is 0 Å².